The normalized spacial score (nSPS) is 14.8. The topological polar surface area (TPSA) is 93.1 Å². The van der Waals surface area contributed by atoms with Gasteiger partial charge in [0.05, 0.1) is 25.0 Å². The molecule has 3 aromatic rings. The molecule has 136 valence electrons. The fraction of sp³-hybridized carbons (Fsp3) is 0.412. The van der Waals surface area contributed by atoms with Gasteiger partial charge in [-0.05, 0) is 38.9 Å². The number of ether oxygens (including phenoxy) is 1. The largest absolute Gasteiger partial charge is 0.482 e. The Bertz CT molecular complexity index is 966. The molecule has 0 amide bonds. The van der Waals surface area contributed by atoms with Crippen LogP contribution in [-0.2, 0) is 0 Å². The Labute approximate surface area is 157 Å². The molecule has 9 heteroatoms. The summed E-state index contributed by atoms with van der Waals surface area (Å²) >= 11 is 0. The van der Waals surface area contributed by atoms with Crippen molar-refractivity contribution in [2.45, 2.75) is 25.8 Å². The molecule has 4 rings (SSSR count). The summed E-state index contributed by atoms with van der Waals surface area (Å²) in [5.41, 5.74) is 3.83. The van der Waals surface area contributed by atoms with Crippen molar-refractivity contribution in [1.29, 1.82) is 5.26 Å². The summed E-state index contributed by atoms with van der Waals surface area (Å²) < 4.78 is 9.18. The van der Waals surface area contributed by atoms with Crippen LogP contribution in [0.15, 0.2) is 18.3 Å². The number of nitrogens with one attached hydrogen (secondary N) is 1. The van der Waals surface area contributed by atoms with Gasteiger partial charge < -0.3 is 10.1 Å². The summed E-state index contributed by atoms with van der Waals surface area (Å²) in [6, 6.07) is 6.29. The van der Waals surface area contributed by atoms with Crippen LogP contribution >= 0.6 is 12.4 Å². The third kappa shape index (κ3) is 2.89. The van der Waals surface area contributed by atoms with Crippen LogP contribution in [0.25, 0.3) is 16.9 Å². The molecule has 0 unspecified atom stereocenters. The Morgan fingerprint density at radius 3 is 2.77 bits per heavy atom. The molecule has 1 N–H and O–H groups in total. The Morgan fingerprint density at radius 2 is 2.08 bits per heavy atom. The molecule has 26 heavy (non-hydrogen) atoms. The van der Waals surface area contributed by atoms with Crippen molar-refractivity contribution in [3.63, 3.8) is 0 Å². The molecule has 0 atom stereocenters. The van der Waals surface area contributed by atoms with Gasteiger partial charge in [-0.1, -0.05) is 5.21 Å². The van der Waals surface area contributed by atoms with Crippen LogP contribution in [0, 0.1) is 18.3 Å². The highest BCUT2D eigenvalue weighted by Crippen LogP contribution is 2.30. The summed E-state index contributed by atoms with van der Waals surface area (Å²) in [4.78, 5) is 4.31. The van der Waals surface area contributed by atoms with Crippen molar-refractivity contribution in [1.82, 2.24) is 29.7 Å². The molecule has 0 aliphatic carbocycles. The summed E-state index contributed by atoms with van der Waals surface area (Å²) in [7, 11) is 1.58. The highest BCUT2D eigenvalue weighted by molar-refractivity contribution is 5.85. The highest BCUT2D eigenvalue weighted by atomic mass is 35.5. The zero-order chi connectivity index (χ0) is 17.4. The molecule has 0 radical (unpaired) electrons. The van der Waals surface area contributed by atoms with E-state index in [0.717, 1.165) is 42.9 Å². The predicted octanol–water partition coefficient (Wildman–Crippen LogP) is 2.13. The van der Waals surface area contributed by atoms with Crippen molar-refractivity contribution < 1.29 is 4.74 Å². The summed E-state index contributed by atoms with van der Waals surface area (Å²) in [6.07, 6.45) is 3.65. The molecule has 1 aliphatic heterocycles. The van der Waals surface area contributed by atoms with Gasteiger partial charge in [0.25, 0.3) is 0 Å². The molecular formula is C17H20ClN7O. The molecule has 3 aromatic heterocycles. The standard InChI is InChI=1S/C17H19N7O.ClH/c1-11-17(21-22-24(11)13-3-5-19-6-4-13)12-7-15-20-10-14(9-18)23(15)16(8-12)25-2;/h7-8,10,13,19H,3-6H2,1-2H3;1H. The average Bonchev–Trinajstić information content (AvgIpc) is 3.24. The van der Waals surface area contributed by atoms with Crippen LogP contribution in [0.4, 0.5) is 0 Å². The van der Waals surface area contributed by atoms with E-state index in [9.17, 15) is 5.26 Å². The lowest BCUT2D eigenvalue weighted by Gasteiger charge is -2.23. The van der Waals surface area contributed by atoms with Crippen LogP contribution < -0.4 is 10.1 Å². The molecule has 4 heterocycles. The summed E-state index contributed by atoms with van der Waals surface area (Å²) in [5.74, 6) is 0.553. The van der Waals surface area contributed by atoms with Gasteiger partial charge >= 0.3 is 0 Å². The number of piperidine rings is 1. The van der Waals surface area contributed by atoms with E-state index in [0.29, 0.717) is 23.3 Å². The van der Waals surface area contributed by atoms with E-state index < -0.39 is 0 Å². The molecular weight excluding hydrogens is 354 g/mol. The van der Waals surface area contributed by atoms with Crippen LogP contribution in [0.2, 0.25) is 0 Å². The minimum atomic E-state index is 0. The minimum absolute atomic E-state index is 0. The van der Waals surface area contributed by atoms with E-state index in [1.807, 2.05) is 23.7 Å². The number of fused-ring (bicyclic) bond motifs is 1. The number of aromatic nitrogens is 5. The summed E-state index contributed by atoms with van der Waals surface area (Å²) in [5, 5.41) is 21.4. The first-order valence-corrected chi connectivity index (χ1v) is 8.31. The first kappa shape index (κ1) is 18.2. The number of pyridine rings is 1. The van der Waals surface area contributed by atoms with Crippen molar-refractivity contribution in [3.8, 4) is 23.2 Å². The lowest BCUT2D eigenvalue weighted by Crippen LogP contribution is -2.30. The molecule has 8 nitrogen and oxygen atoms in total. The lowest BCUT2D eigenvalue weighted by atomic mass is 10.1. The minimum Gasteiger partial charge on any atom is -0.482 e. The Kier molecular flexibility index (Phi) is 5.11. The second kappa shape index (κ2) is 7.32. The molecule has 1 aliphatic rings. The van der Waals surface area contributed by atoms with Gasteiger partial charge in [0.2, 0.25) is 5.88 Å². The number of rotatable bonds is 3. The number of imidazole rings is 1. The molecule has 1 saturated heterocycles. The number of hydrogen-bond acceptors (Lipinski definition) is 6. The smallest absolute Gasteiger partial charge is 0.200 e. The Hall–Kier alpha value is -2.63. The number of hydrogen-bond donors (Lipinski definition) is 1. The van der Waals surface area contributed by atoms with Crippen LogP contribution in [0.3, 0.4) is 0 Å². The van der Waals surface area contributed by atoms with Gasteiger partial charge in [0.15, 0.2) is 0 Å². The maximum Gasteiger partial charge on any atom is 0.200 e. The number of nitriles is 1. The second-order valence-electron chi connectivity index (χ2n) is 6.18. The molecule has 0 saturated carbocycles. The average molecular weight is 374 g/mol. The van der Waals surface area contributed by atoms with Gasteiger partial charge in [-0.15, -0.1) is 17.5 Å². The van der Waals surface area contributed by atoms with Crippen molar-refractivity contribution in [3.05, 3.63) is 29.7 Å². The van der Waals surface area contributed by atoms with Gasteiger partial charge in [-0.3, -0.25) is 4.40 Å². The van der Waals surface area contributed by atoms with E-state index in [1.54, 1.807) is 17.7 Å². The van der Waals surface area contributed by atoms with Crippen LogP contribution in [0.1, 0.15) is 30.3 Å². The van der Waals surface area contributed by atoms with E-state index in [4.69, 9.17) is 4.74 Å². The Morgan fingerprint density at radius 1 is 1.31 bits per heavy atom. The Balaban J connectivity index is 0.00000196. The number of nitrogens with zero attached hydrogens (tertiary/aromatic N) is 6. The summed E-state index contributed by atoms with van der Waals surface area (Å²) in [6.45, 7) is 4.05. The monoisotopic (exact) mass is 373 g/mol. The van der Waals surface area contributed by atoms with Crippen LogP contribution in [0.5, 0.6) is 5.88 Å². The second-order valence-corrected chi connectivity index (χ2v) is 6.18. The third-order valence-corrected chi connectivity index (χ3v) is 4.75. The number of methoxy groups -OCH3 is 1. The van der Waals surface area contributed by atoms with E-state index >= 15 is 0 Å². The molecule has 0 spiro atoms. The fourth-order valence-corrected chi connectivity index (χ4v) is 3.45. The zero-order valence-corrected chi connectivity index (χ0v) is 15.5. The number of halogens is 1. The van der Waals surface area contributed by atoms with Gasteiger partial charge in [0.1, 0.15) is 23.1 Å². The first-order chi connectivity index (χ1) is 12.2. The molecule has 1 fully saturated rings. The maximum absolute atomic E-state index is 9.23. The zero-order valence-electron chi connectivity index (χ0n) is 14.6. The predicted molar refractivity (Wildman–Crippen MR) is 98.6 cm³/mol. The van der Waals surface area contributed by atoms with Gasteiger partial charge in [-0.2, -0.15) is 5.26 Å². The van der Waals surface area contributed by atoms with Crippen molar-refractivity contribution in [2.75, 3.05) is 20.2 Å². The van der Waals surface area contributed by atoms with Gasteiger partial charge in [0, 0.05) is 11.6 Å². The molecule has 0 bridgehead atoms. The van der Waals surface area contributed by atoms with Crippen molar-refractivity contribution in [2.24, 2.45) is 0 Å². The fourth-order valence-electron chi connectivity index (χ4n) is 3.45. The highest BCUT2D eigenvalue weighted by Gasteiger charge is 2.21. The third-order valence-electron chi connectivity index (χ3n) is 4.75. The van der Waals surface area contributed by atoms with Crippen molar-refractivity contribution >= 4 is 18.1 Å². The van der Waals surface area contributed by atoms with Gasteiger partial charge in [-0.25, -0.2) is 9.67 Å². The van der Waals surface area contributed by atoms with Crippen LogP contribution in [-0.4, -0.2) is 44.6 Å². The van der Waals surface area contributed by atoms with E-state index in [-0.39, 0.29) is 12.4 Å². The maximum atomic E-state index is 9.23. The SMILES string of the molecule is COc1cc(-c2nnn(C3CCNCC3)c2C)cc2ncc(C#N)n12.Cl. The first-order valence-electron chi connectivity index (χ1n) is 8.31. The lowest BCUT2D eigenvalue weighted by molar-refractivity contribution is 0.333. The quantitative estimate of drug-likeness (QED) is 0.756. The van der Waals surface area contributed by atoms with E-state index in [2.05, 4.69) is 26.7 Å². The van der Waals surface area contributed by atoms with E-state index in [1.165, 1.54) is 0 Å². The molecule has 0 aromatic carbocycles.